The molecule has 1 saturated heterocycles. The number of amides is 1. The van der Waals surface area contributed by atoms with Crippen molar-refractivity contribution in [2.24, 2.45) is 0 Å². The number of aliphatic hydroxyl groups is 1. The first-order valence-electron chi connectivity index (χ1n) is 9.46. The summed E-state index contributed by atoms with van der Waals surface area (Å²) >= 11 is 0. The van der Waals surface area contributed by atoms with Crippen LogP contribution in [0.25, 0.3) is 21.9 Å². The van der Waals surface area contributed by atoms with E-state index in [2.05, 4.69) is 10.3 Å². The van der Waals surface area contributed by atoms with Crippen LogP contribution in [-0.4, -0.2) is 53.2 Å². The number of carbonyl (C=O) groups excluding carboxylic acids is 1. The molecule has 5 nitrogen and oxygen atoms in total. The average molecular weight is 415 g/mol. The molecule has 0 spiro atoms. The molecule has 2 aromatic carbocycles. The van der Waals surface area contributed by atoms with Gasteiger partial charge in [-0.1, -0.05) is 30.3 Å². The number of benzene rings is 2. The van der Waals surface area contributed by atoms with Crippen molar-refractivity contribution in [2.45, 2.75) is 18.3 Å². The fourth-order valence-corrected chi connectivity index (χ4v) is 3.77. The highest BCUT2D eigenvalue weighted by molar-refractivity contribution is 6.02. The summed E-state index contributed by atoms with van der Waals surface area (Å²) in [6, 6.07) is 12.6. The molecule has 0 saturated carbocycles. The number of aliphatic hydroxyl groups excluding tert-OH is 1. The number of nitrogens with zero attached hydrogens (tertiary/aromatic N) is 2. The minimum atomic E-state index is -4.48. The molecule has 2 heterocycles. The number of rotatable bonds is 3. The summed E-state index contributed by atoms with van der Waals surface area (Å²) in [6.45, 7) is 1.08. The van der Waals surface area contributed by atoms with Crippen molar-refractivity contribution >= 4 is 16.7 Å². The lowest BCUT2D eigenvalue weighted by atomic mass is 9.97. The molecule has 1 amide bonds. The molecule has 4 rings (SSSR count). The van der Waals surface area contributed by atoms with E-state index >= 15 is 0 Å². The van der Waals surface area contributed by atoms with E-state index in [-0.39, 0.29) is 11.9 Å². The third-order valence-corrected chi connectivity index (χ3v) is 5.30. The van der Waals surface area contributed by atoms with Gasteiger partial charge in [0.05, 0.1) is 12.1 Å². The number of likely N-dealkylation sites (N-methyl/N-ethyl adjacent to an activating group) is 1. The molecule has 2 N–H and O–H groups in total. The lowest BCUT2D eigenvalue weighted by Gasteiger charge is -2.16. The molecule has 1 aromatic heterocycles. The van der Waals surface area contributed by atoms with Crippen LogP contribution in [0, 0.1) is 0 Å². The number of nitrogens with one attached hydrogen (secondary N) is 1. The molecular formula is C22H20F3N3O2. The predicted molar refractivity (Wildman–Crippen MR) is 107 cm³/mol. The standard InChI is InChI=1S/C22H20F3N3O2/c1-28-11-18(19(29)12-28)27-21(30)14-5-7-17-13(9-14)3-2-4-16(17)15-6-8-20(26-10-15)22(23,24)25/h2-10,18-19,29H,11-12H2,1H3,(H,27,30)/t18-,19-/m1/s1. The molecule has 0 bridgehead atoms. The second kappa shape index (κ2) is 7.70. The van der Waals surface area contributed by atoms with Gasteiger partial charge in [0.15, 0.2) is 0 Å². The molecule has 0 radical (unpaired) electrons. The highest BCUT2D eigenvalue weighted by Crippen LogP contribution is 2.32. The summed E-state index contributed by atoms with van der Waals surface area (Å²) in [7, 11) is 1.88. The minimum Gasteiger partial charge on any atom is -0.390 e. The van der Waals surface area contributed by atoms with Crippen LogP contribution in [0.3, 0.4) is 0 Å². The Morgan fingerprint density at radius 2 is 1.97 bits per heavy atom. The summed E-state index contributed by atoms with van der Waals surface area (Å²) in [5.74, 6) is -0.280. The maximum atomic E-state index is 12.8. The van der Waals surface area contributed by atoms with Gasteiger partial charge >= 0.3 is 6.18 Å². The Bertz CT molecular complexity index is 1080. The zero-order chi connectivity index (χ0) is 21.5. The van der Waals surface area contributed by atoms with Crippen molar-refractivity contribution in [1.82, 2.24) is 15.2 Å². The smallest absolute Gasteiger partial charge is 0.390 e. The van der Waals surface area contributed by atoms with Gasteiger partial charge in [0.25, 0.3) is 5.91 Å². The quantitative estimate of drug-likeness (QED) is 0.689. The molecule has 3 aromatic rings. The first-order valence-corrected chi connectivity index (χ1v) is 9.46. The van der Waals surface area contributed by atoms with Crippen molar-refractivity contribution in [3.05, 3.63) is 66.0 Å². The van der Waals surface area contributed by atoms with Gasteiger partial charge < -0.3 is 15.3 Å². The van der Waals surface area contributed by atoms with Crippen molar-refractivity contribution in [1.29, 1.82) is 0 Å². The zero-order valence-corrected chi connectivity index (χ0v) is 16.1. The number of hydrogen-bond donors (Lipinski definition) is 2. The lowest BCUT2D eigenvalue weighted by Crippen LogP contribution is -2.42. The molecule has 8 heteroatoms. The van der Waals surface area contributed by atoms with Crippen LogP contribution in [0.4, 0.5) is 13.2 Å². The Balaban J connectivity index is 1.61. The van der Waals surface area contributed by atoms with Crippen LogP contribution in [-0.2, 0) is 6.18 Å². The number of hydrogen-bond acceptors (Lipinski definition) is 4. The highest BCUT2D eigenvalue weighted by Gasteiger charge is 2.32. The lowest BCUT2D eigenvalue weighted by molar-refractivity contribution is -0.141. The number of fused-ring (bicyclic) bond motifs is 1. The predicted octanol–water partition coefficient (Wildman–Crippen LogP) is 3.33. The van der Waals surface area contributed by atoms with E-state index in [9.17, 15) is 23.1 Å². The monoisotopic (exact) mass is 415 g/mol. The Hall–Kier alpha value is -2.97. The molecule has 1 fully saturated rings. The van der Waals surface area contributed by atoms with E-state index in [0.29, 0.717) is 24.2 Å². The number of aromatic nitrogens is 1. The van der Waals surface area contributed by atoms with Crippen LogP contribution in [0.5, 0.6) is 0 Å². The summed E-state index contributed by atoms with van der Waals surface area (Å²) in [5, 5.41) is 14.5. The van der Waals surface area contributed by atoms with Gasteiger partial charge in [-0.05, 0) is 41.6 Å². The van der Waals surface area contributed by atoms with E-state index in [1.54, 1.807) is 30.3 Å². The van der Waals surface area contributed by atoms with Gasteiger partial charge in [0.2, 0.25) is 0 Å². The van der Waals surface area contributed by atoms with Crippen molar-refractivity contribution in [3.63, 3.8) is 0 Å². The van der Waals surface area contributed by atoms with Crippen LogP contribution < -0.4 is 5.32 Å². The maximum absolute atomic E-state index is 12.8. The number of halogens is 3. The summed E-state index contributed by atoms with van der Waals surface area (Å²) < 4.78 is 38.3. The van der Waals surface area contributed by atoms with Crippen molar-refractivity contribution in [3.8, 4) is 11.1 Å². The largest absolute Gasteiger partial charge is 0.433 e. The van der Waals surface area contributed by atoms with Crippen LogP contribution in [0.15, 0.2) is 54.7 Å². The second-order valence-corrected chi connectivity index (χ2v) is 7.54. The Kier molecular flexibility index (Phi) is 5.21. The topological polar surface area (TPSA) is 65.5 Å². The normalized spacial score (nSPS) is 19.9. The molecule has 0 aliphatic carbocycles. The van der Waals surface area contributed by atoms with Gasteiger partial charge in [-0.2, -0.15) is 13.2 Å². The second-order valence-electron chi connectivity index (χ2n) is 7.54. The SMILES string of the molecule is CN1C[C@@H](O)[C@H](NC(=O)c2ccc3c(-c4ccc(C(F)(F)F)nc4)cccc3c2)C1. The third-order valence-electron chi connectivity index (χ3n) is 5.30. The van der Waals surface area contributed by atoms with Gasteiger partial charge in [-0.15, -0.1) is 0 Å². The minimum absolute atomic E-state index is 0.280. The van der Waals surface area contributed by atoms with Crippen LogP contribution in [0.2, 0.25) is 0 Å². The number of alkyl halides is 3. The van der Waals surface area contributed by atoms with Gasteiger partial charge in [0, 0.05) is 30.4 Å². The number of carbonyl (C=O) groups is 1. The fourth-order valence-electron chi connectivity index (χ4n) is 3.77. The Morgan fingerprint density at radius 1 is 1.17 bits per heavy atom. The van der Waals surface area contributed by atoms with Crippen molar-refractivity contribution in [2.75, 3.05) is 20.1 Å². The van der Waals surface area contributed by atoms with Crippen LogP contribution in [0.1, 0.15) is 16.1 Å². The first kappa shape index (κ1) is 20.3. The van der Waals surface area contributed by atoms with E-state index in [1.165, 1.54) is 12.3 Å². The van der Waals surface area contributed by atoms with Gasteiger partial charge in [0.1, 0.15) is 5.69 Å². The highest BCUT2D eigenvalue weighted by atomic mass is 19.4. The molecular weight excluding hydrogens is 395 g/mol. The summed E-state index contributed by atoms with van der Waals surface area (Å²) in [5.41, 5.74) is 0.800. The zero-order valence-electron chi connectivity index (χ0n) is 16.1. The fraction of sp³-hybridized carbons (Fsp3) is 0.273. The van der Waals surface area contributed by atoms with E-state index in [0.717, 1.165) is 22.4 Å². The summed E-state index contributed by atoms with van der Waals surface area (Å²) in [6.07, 6.45) is -3.89. The molecule has 30 heavy (non-hydrogen) atoms. The third kappa shape index (κ3) is 4.01. The average Bonchev–Trinajstić information content (AvgIpc) is 3.03. The van der Waals surface area contributed by atoms with Gasteiger partial charge in [-0.3, -0.25) is 9.78 Å². The molecule has 1 aliphatic heterocycles. The number of pyridine rings is 1. The number of β-amino-alcohol motifs (C(OH)–C–C–N with tert-alkyl or cyclic N) is 1. The first-order chi connectivity index (χ1) is 14.2. The van der Waals surface area contributed by atoms with Crippen molar-refractivity contribution < 1.29 is 23.1 Å². The maximum Gasteiger partial charge on any atom is 0.433 e. The van der Waals surface area contributed by atoms with E-state index in [4.69, 9.17) is 0 Å². The molecule has 2 atom stereocenters. The van der Waals surface area contributed by atoms with E-state index in [1.807, 2.05) is 18.0 Å². The molecule has 156 valence electrons. The van der Waals surface area contributed by atoms with Crippen LogP contribution >= 0.6 is 0 Å². The van der Waals surface area contributed by atoms with E-state index < -0.39 is 18.0 Å². The Labute approximate surface area is 171 Å². The Morgan fingerprint density at radius 3 is 2.60 bits per heavy atom. The summed E-state index contributed by atoms with van der Waals surface area (Å²) in [4.78, 5) is 18.1. The van der Waals surface area contributed by atoms with Gasteiger partial charge in [-0.25, -0.2) is 0 Å². The number of likely N-dealkylation sites (tertiary alicyclic amines) is 1. The molecule has 1 aliphatic rings. The molecule has 0 unspecified atom stereocenters.